The smallest absolute Gasteiger partial charge is 0.338 e. The van der Waals surface area contributed by atoms with Gasteiger partial charge in [0, 0.05) is 137 Å². The van der Waals surface area contributed by atoms with Crippen molar-refractivity contribution in [3.05, 3.63) is 346 Å². The number of ketones is 2. The lowest BCUT2D eigenvalue weighted by atomic mass is 9.89. The molecule has 0 spiro atoms. The first kappa shape index (κ1) is 91.8. The van der Waals surface area contributed by atoms with E-state index in [2.05, 4.69) is 30.2 Å². The Kier molecular flexibility index (Phi) is 26.1. The number of nitrogens with one attached hydrogen (secondary N) is 1. The van der Waals surface area contributed by atoms with Crippen molar-refractivity contribution in [2.45, 2.75) is 96.9 Å². The number of nitrogens with zero attached hydrogens (tertiary/aromatic N) is 10. The second kappa shape index (κ2) is 38.6. The Morgan fingerprint density at radius 3 is 1.20 bits per heavy atom. The maximum atomic E-state index is 13.3. The monoisotopic (exact) mass is 1880 g/mol. The molecule has 0 atom stereocenters. The molecule has 28 nitrogen and oxygen atoms in total. The molecule has 688 valence electrons. The number of aromatic nitrogens is 6. The number of aryl methyl sites for hydroxylation is 1. The maximum Gasteiger partial charge on any atom is 0.338 e. The van der Waals surface area contributed by atoms with Crippen LogP contribution in [-0.2, 0) is 69.9 Å². The van der Waals surface area contributed by atoms with E-state index in [4.69, 9.17) is 37.4 Å². The van der Waals surface area contributed by atoms with E-state index in [0.717, 1.165) is 58.1 Å². The second-order valence-electron chi connectivity index (χ2n) is 32.8. The number of pyridine rings is 5. The summed E-state index contributed by atoms with van der Waals surface area (Å²) in [7, 11) is 4.35. The Bertz CT molecular complexity index is 7320. The number of carbonyl (C=O) groups excluding carboxylic acids is 8. The summed E-state index contributed by atoms with van der Waals surface area (Å²) in [5, 5.41) is 70.0. The Labute approximate surface area is 781 Å². The molecular weight excluding hydrogens is 1800 g/mol. The highest BCUT2D eigenvalue weighted by atomic mass is 35.5. The van der Waals surface area contributed by atoms with E-state index in [9.17, 15) is 86.6 Å². The first-order valence-corrected chi connectivity index (χ1v) is 43.6. The highest BCUT2D eigenvalue weighted by Crippen LogP contribution is 2.49. The molecule has 10 heterocycles. The zero-order valence-electron chi connectivity index (χ0n) is 72.7. The number of phenolic OH excluding ortho intramolecular Hbond substituents is 4. The number of hydrogen-bond acceptors (Lipinski definition) is 22. The highest BCUT2D eigenvalue weighted by molar-refractivity contribution is 6.35. The molecule has 2 aliphatic carbocycles. The summed E-state index contributed by atoms with van der Waals surface area (Å²) in [5.74, 6) is -5.15. The van der Waals surface area contributed by atoms with Gasteiger partial charge in [0.25, 0.3) is 29.5 Å². The summed E-state index contributed by atoms with van der Waals surface area (Å²) in [6, 6.07) is 46.0. The number of benzene rings is 9. The summed E-state index contributed by atoms with van der Waals surface area (Å²) in [5.41, 5.74) is 8.32. The van der Waals surface area contributed by atoms with Gasteiger partial charge in [-0.05, 0) is 169 Å². The van der Waals surface area contributed by atoms with Crippen molar-refractivity contribution in [2.24, 2.45) is 0 Å². The van der Waals surface area contributed by atoms with Gasteiger partial charge in [0.2, 0.25) is 23.3 Å². The number of hydrogen-bond donors (Lipinski definition) is 7. The van der Waals surface area contributed by atoms with E-state index >= 15 is 0 Å². The number of phenols is 4. The van der Waals surface area contributed by atoms with E-state index in [1.165, 1.54) is 91.3 Å². The molecule has 9 aromatic carbocycles. The van der Waals surface area contributed by atoms with Crippen LogP contribution >= 0.6 is 23.2 Å². The number of fused-ring (bicyclic) bond motifs is 10. The summed E-state index contributed by atoms with van der Waals surface area (Å²) in [4.78, 5) is 130. The number of halogens is 6. The number of amides is 5. The van der Waals surface area contributed by atoms with Gasteiger partial charge in [-0.25, -0.2) is 22.4 Å². The molecule has 5 amide bonds. The molecule has 1 fully saturated rings. The lowest BCUT2D eigenvalue weighted by Crippen LogP contribution is -2.33. The molecule has 136 heavy (non-hydrogen) atoms. The van der Waals surface area contributed by atoms with Crippen molar-refractivity contribution < 1.29 is 101 Å². The van der Waals surface area contributed by atoms with E-state index in [1.54, 1.807) is 144 Å². The number of ether oxygens (including phenoxy) is 3. The number of rotatable bonds is 17. The van der Waals surface area contributed by atoms with Crippen molar-refractivity contribution in [1.82, 2.24) is 54.4 Å². The fourth-order valence-electron chi connectivity index (χ4n) is 18.1. The predicted molar refractivity (Wildman–Crippen MR) is 492 cm³/mol. The molecule has 21 rings (SSSR count). The number of esters is 1. The van der Waals surface area contributed by atoms with Crippen LogP contribution in [0.15, 0.2) is 207 Å². The van der Waals surface area contributed by atoms with Crippen molar-refractivity contribution in [1.29, 1.82) is 0 Å². The van der Waals surface area contributed by atoms with Gasteiger partial charge >= 0.3 is 5.97 Å². The summed E-state index contributed by atoms with van der Waals surface area (Å²) in [6.45, 7) is 2.37. The van der Waals surface area contributed by atoms with Crippen LogP contribution in [-0.4, -0.2) is 161 Å². The molecule has 34 heteroatoms. The number of carbonyl (C=O) groups is 8. The Morgan fingerprint density at radius 2 is 0.757 bits per heavy atom. The number of aromatic hydroxyl groups is 6. The standard InChI is InChI=1S/C24H22FN3O3.C20H15FN2O4.C20H17FN2O3.C19H14Cl2N2O3.C19H13FN2O4/c25-15-9-7-14(8-10-15)12-28-13-18-19(23(30)27-16-4-1-2-5-16)17-6-3-11-26-21(17)22(29)20(18)24(28)31;1-27-20(26)15-13-3-2-8-22-17(13)18(24)16-14(15)10-23(19(16)25)9-11-4-6-12(21)7-5-11;1-26-19-14-3-2-9-22-17(14)18(24)16-15(19)11-23(20(16)25)10-8-12-4-6-13(21)7-5-12;1-26-18-13-3-2-4-22-16(13)17(24)15-14(18)9-23(19(15)25)8-10-5-11(20)7-12(21)6-10;20-11-5-3-10(4-6-11)7-9-22-18(25)13-14(19(22)26)17(24)15-12(16(13)23)2-1-8-21-15/h3,6-11,16,29H,1-2,4-5,12-13H2,(H,27,30);2-8,24H,9-10H2,1H3;2-7,9,24H,8,10-11H2,1H3;2-7,24H,8-9H2,1H3;1-6,8,25-26H,7,9H2. The second-order valence-corrected chi connectivity index (χ2v) is 33.6. The van der Waals surface area contributed by atoms with Gasteiger partial charge in [-0.2, -0.15) is 0 Å². The highest BCUT2D eigenvalue weighted by Gasteiger charge is 2.43. The molecule has 0 saturated heterocycles. The lowest BCUT2D eigenvalue weighted by molar-refractivity contribution is 0.0598. The van der Waals surface area contributed by atoms with E-state index in [-0.39, 0.29) is 170 Å². The van der Waals surface area contributed by atoms with Gasteiger partial charge in [-0.1, -0.05) is 96.7 Å². The Morgan fingerprint density at radius 1 is 0.404 bits per heavy atom. The molecule has 6 aromatic heterocycles. The van der Waals surface area contributed by atoms with Gasteiger partial charge < -0.3 is 69.8 Å². The van der Waals surface area contributed by atoms with Crippen molar-refractivity contribution in [3.63, 3.8) is 0 Å². The van der Waals surface area contributed by atoms with Crippen LogP contribution in [0.1, 0.15) is 170 Å². The quantitative estimate of drug-likeness (QED) is 0.0329. The van der Waals surface area contributed by atoms with E-state index in [1.807, 2.05) is 12.1 Å². The van der Waals surface area contributed by atoms with E-state index in [0.29, 0.717) is 121 Å². The third kappa shape index (κ3) is 17.7. The topological polar surface area (TPSA) is 380 Å². The van der Waals surface area contributed by atoms with Crippen LogP contribution in [0.3, 0.4) is 0 Å². The minimum absolute atomic E-state index is 0.0454. The molecule has 0 bridgehead atoms. The molecule has 15 aromatic rings. The maximum absolute atomic E-state index is 13.3. The third-order valence-corrected chi connectivity index (χ3v) is 24.9. The average molecular weight is 1880 g/mol. The molecule has 0 radical (unpaired) electrons. The van der Waals surface area contributed by atoms with Gasteiger partial charge in [0.05, 0.1) is 78.9 Å². The van der Waals surface area contributed by atoms with Gasteiger partial charge in [0.15, 0.2) is 23.0 Å². The zero-order chi connectivity index (χ0) is 95.8. The van der Waals surface area contributed by atoms with Crippen LogP contribution in [0.2, 0.25) is 10.0 Å². The summed E-state index contributed by atoms with van der Waals surface area (Å²) < 4.78 is 69.4. The zero-order valence-corrected chi connectivity index (χ0v) is 74.2. The minimum atomic E-state index is -0.608. The normalized spacial score (nSPS) is 13.8. The lowest BCUT2D eigenvalue weighted by Gasteiger charge is -2.17. The average Bonchev–Trinajstić information content (AvgIpc) is 1.54. The molecule has 7 N–H and O–H groups in total. The van der Waals surface area contributed by atoms with Crippen molar-refractivity contribution in [3.8, 4) is 46.3 Å². The fourth-order valence-corrected chi connectivity index (χ4v) is 18.7. The molecule has 4 aliphatic heterocycles. The van der Waals surface area contributed by atoms with Crippen LogP contribution < -0.4 is 14.8 Å². The predicted octanol–water partition coefficient (Wildman–Crippen LogP) is 17.1. The Hall–Kier alpha value is -16.1. The Balaban J connectivity index is 0.000000118. The first-order valence-electron chi connectivity index (χ1n) is 42.9. The van der Waals surface area contributed by atoms with Crippen LogP contribution in [0.25, 0.3) is 43.6 Å². The third-order valence-electron chi connectivity index (χ3n) is 24.5. The van der Waals surface area contributed by atoms with Crippen LogP contribution in [0, 0.1) is 23.3 Å². The summed E-state index contributed by atoms with van der Waals surface area (Å²) in [6.07, 6.45) is 12.6. The molecule has 6 aliphatic rings. The SMILES string of the molecule is COC(=O)c1c2c(c(O)c3ncccc13)C(=O)N(Cc1ccc(F)cc1)C2.COc1c2c(c(O)c3ncccc13)C(=O)N(CCc1ccc(F)cc1)C2.COc1c2c(c(O)c3ncccc13)C(=O)N(Cc1cc(Cl)cc(Cl)c1)C2.O=C(NC1CCCC1)c1c2c(c(O)c3ncccc13)C(=O)N(Cc1ccc(F)cc1)C2.O=C1c2cccnc2C(=O)c2c1c(O)n(CCc1ccc(F)cc1)c2O. The fraction of sp³-hybridized carbons (Fsp3) is 0.186. The van der Waals surface area contributed by atoms with Crippen LogP contribution in [0.5, 0.6) is 46.3 Å². The van der Waals surface area contributed by atoms with Gasteiger partial charge in [-0.15, -0.1) is 0 Å². The van der Waals surface area contributed by atoms with Crippen molar-refractivity contribution >= 4 is 114 Å². The van der Waals surface area contributed by atoms with Gasteiger partial charge in [0.1, 0.15) is 68.1 Å². The van der Waals surface area contributed by atoms with Gasteiger partial charge in [-0.3, -0.25) is 63.0 Å². The van der Waals surface area contributed by atoms with Crippen LogP contribution in [0.4, 0.5) is 17.6 Å². The molecular formula is C102H81Cl2F4N11O17. The first-order chi connectivity index (χ1) is 65.6. The number of methoxy groups -OCH3 is 3. The van der Waals surface area contributed by atoms with Crippen molar-refractivity contribution in [2.75, 3.05) is 27.9 Å². The largest absolute Gasteiger partial charge is 0.505 e. The molecule has 0 unspecified atom stereocenters. The van der Waals surface area contributed by atoms with E-state index < -0.39 is 35.2 Å². The minimum Gasteiger partial charge on any atom is -0.505 e. The summed E-state index contributed by atoms with van der Waals surface area (Å²) >= 11 is 12.1. The molecule has 1 saturated carbocycles.